The van der Waals surface area contributed by atoms with Crippen molar-refractivity contribution in [2.45, 2.75) is 26.7 Å². The van der Waals surface area contributed by atoms with E-state index >= 15 is 0 Å². The number of hydrogen-bond donors (Lipinski definition) is 2. The lowest BCUT2D eigenvalue weighted by Gasteiger charge is -2.10. The number of nitrogens with one attached hydrogen (secondary N) is 1. The number of nitrogen functional groups attached to an aromatic ring is 1. The molecule has 0 atom stereocenters. The first kappa shape index (κ1) is 21.6. The summed E-state index contributed by atoms with van der Waals surface area (Å²) in [7, 11) is 0. The van der Waals surface area contributed by atoms with Crippen LogP contribution < -0.4 is 11.1 Å². The fourth-order valence-electron chi connectivity index (χ4n) is 4.45. The number of nitrogens with zero attached hydrogens (tertiary/aromatic N) is 3. The van der Waals surface area contributed by atoms with E-state index < -0.39 is 0 Å². The van der Waals surface area contributed by atoms with Crippen molar-refractivity contribution in [2.24, 2.45) is 0 Å². The molecule has 2 aromatic heterocycles. The Morgan fingerprint density at radius 3 is 2.26 bits per heavy atom. The summed E-state index contributed by atoms with van der Waals surface area (Å²) in [4.78, 5) is 23.0. The van der Waals surface area contributed by atoms with Crippen LogP contribution >= 0.6 is 0 Å². The Balaban J connectivity index is 1.54. The molecule has 0 spiro atoms. The minimum atomic E-state index is -0.233. The van der Waals surface area contributed by atoms with Crippen LogP contribution in [0.15, 0.2) is 72.8 Å². The Hall–Kier alpha value is -4.19. The first-order valence-electron chi connectivity index (χ1n) is 11.5. The van der Waals surface area contributed by atoms with Crippen LogP contribution in [-0.2, 0) is 6.42 Å². The summed E-state index contributed by atoms with van der Waals surface area (Å²) >= 11 is 0. The zero-order valence-corrected chi connectivity index (χ0v) is 19.4. The van der Waals surface area contributed by atoms with E-state index in [0.29, 0.717) is 29.1 Å². The quantitative estimate of drug-likeness (QED) is 0.352. The number of carbonyl (C=O) groups is 1. The molecular formula is C28H27N5O. The normalized spacial score (nSPS) is 11.2. The van der Waals surface area contributed by atoms with Crippen molar-refractivity contribution in [1.29, 1.82) is 0 Å². The summed E-state index contributed by atoms with van der Waals surface area (Å²) in [6.45, 7) is 4.63. The van der Waals surface area contributed by atoms with Gasteiger partial charge in [0.15, 0.2) is 5.65 Å². The lowest BCUT2D eigenvalue weighted by molar-refractivity contribution is 0.0955. The van der Waals surface area contributed by atoms with Crippen LogP contribution in [0.3, 0.4) is 0 Å². The van der Waals surface area contributed by atoms with Crippen molar-refractivity contribution in [3.63, 3.8) is 0 Å². The SMILES string of the molecule is Cc1cc(C)cc(-n2c(N)c(C(=O)NCCCc3ccccc3)c3nc4ccccc4nc32)c1. The highest BCUT2D eigenvalue weighted by molar-refractivity contribution is 6.11. The number of amides is 1. The lowest BCUT2D eigenvalue weighted by Crippen LogP contribution is -2.25. The van der Waals surface area contributed by atoms with Gasteiger partial charge >= 0.3 is 0 Å². The topological polar surface area (TPSA) is 85.8 Å². The second-order valence-corrected chi connectivity index (χ2v) is 8.67. The van der Waals surface area contributed by atoms with Gasteiger partial charge in [-0.15, -0.1) is 0 Å². The first-order valence-corrected chi connectivity index (χ1v) is 11.5. The molecule has 0 radical (unpaired) electrons. The van der Waals surface area contributed by atoms with Gasteiger partial charge in [0.05, 0.1) is 11.0 Å². The minimum absolute atomic E-state index is 0.233. The molecular weight excluding hydrogens is 422 g/mol. The third-order valence-electron chi connectivity index (χ3n) is 5.96. The van der Waals surface area contributed by atoms with E-state index in [1.807, 2.05) is 73.0 Å². The van der Waals surface area contributed by atoms with E-state index in [-0.39, 0.29) is 5.91 Å². The van der Waals surface area contributed by atoms with Gasteiger partial charge in [-0.05, 0) is 67.6 Å². The number of anilines is 1. The van der Waals surface area contributed by atoms with Crippen molar-refractivity contribution >= 4 is 33.9 Å². The molecule has 1 amide bonds. The molecule has 6 heteroatoms. The summed E-state index contributed by atoms with van der Waals surface area (Å²) in [6.07, 6.45) is 1.73. The minimum Gasteiger partial charge on any atom is -0.384 e. The zero-order valence-electron chi connectivity index (χ0n) is 19.4. The van der Waals surface area contributed by atoms with Gasteiger partial charge in [-0.1, -0.05) is 48.5 Å². The van der Waals surface area contributed by atoms with Gasteiger partial charge in [-0.3, -0.25) is 9.36 Å². The Morgan fingerprint density at radius 1 is 0.912 bits per heavy atom. The second kappa shape index (κ2) is 8.98. The van der Waals surface area contributed by atoms with Crippen LogP contribution in [0.2, 0.25) is 0 Å². The largest absolute Gasteiger partial charge is 0.384 e. The summed E-state index contributed by atoms with van der Waals surface area (Å²) in [5.74, 6) is 0.110. The van der Waals surface area contributed by atoms with Gasteiger partial charge in [0.1, 0.15) is 16.9 Å². The van der Waals surface area contributed by atoms with E-state index in [0.717, 1.165) is 40.7 Å². The molecule has 0 aliphatic carbocycles. The molecule has 3 N–H and O–H groups in total. The Bertz CT molecular complexity index is 1480. The fraction of sp³-hybridized carbons (Fsp3) is 0.179. The van der Waals surface area contributed by atoms with Gasteiger partial charge < -0.3 is 11.1 Å². The highest BCUT2D eigenvalue weighted by Gasteiger charge is 2.24. The van der Waals surface area contributed by atoms with Crippen molar-refractivity contribution in [1.82, 2.24) is 19.9 Å². The molecule has 0 bridgehead atoms. The van der Waals surface area contributed by atoms with Gasteiger partial charge in [0, 0.05) is 12.2 Å². The summed E-state index contributed by atoms with van der Waals surface area (Å²) < 4.78 is 1.84. The molecule has 0 saturated carbocycles. The third-order valence-corrected chi connectivity index (χ3v) is 5.96. The maximum absolute atomic E-state index is 13.3. The number of fused-ring (bicyclic) bond motifs is 2. The summed E-state index contributed by atoms with van der Waals surface area (Å²) in [5.41, 5.74) is 13.9. The van der Waals surface area contributed by atoms with Crippen LogP contribution in [0.5, 0.6) is 0 Å². The lowest BCUT2D eigenvalue weighted by atomic mass is 10.1. The Labute approximate surface area is 198 Å². The van der Waals surface area contributed by atoms with E-state index in [4.69, 9.17) is 15.7 Å². The number of aryl methyl sites for hydroxylation is 3. The molecule has 0 aliphatic heterocycles. The summed E-state index contributed by atoms with van der Waals surface area (Å²) in [5, 5.41) is 3.04. The third kappa shape index (κ3) is 4.10. The van der Waals surface area contributed by atoms with E-state index in [1.165, 1.54) is 5.56 Å². The van der Waals surface area contributed by atoms with Crippen molar-refractivity contribution in [2.75, 3.05) is 12.3 Å². The van der Waals surface area contributed by atoms with Gasteiger partial charge in [0.2, 0.25) is 0 Å². The molecule has 3 aromatic carbocycles. The van der Waals surface area contributed by atoms with Crippen LogP contribution in [-0.4, -0.2) is 27.0 Å². The molecule has 34 heavy (non-hydrogen) atoms. The van der Waals surface area contributed by atoms with Crippen LogP contribution in [0.25, 0.3) is 27.9 Å². The van der Waals surface area contributed by atoms with E-state index in [9.17, 15) is 4.79 Å². The predicted molar refractivity (Wildman–Crippen MR) is 137 cm³/mol. The Kier molecular flexibility index (Phi) is 5.72. The van der Waals surface area contributed by atoms with Crippen LogP contribution in [0, 0.1) is 13.8 Å². The van der Waals surface area contributed by atoms with E-state index in [1.54, 1.807) is 0 Å². The Morgan fingerprint density at radius 2 is 1.56 bits per heavy atom. The molecule has 6 nitrogen and oxygen atoms in total. The van der Waals surface area contributed by atoms with E-state index in [2.05, 4.69) is 23.5 Å². The molecule has 0 unspecified atom stereocenters. The number of para-hydroxylation sites is 2. The standard InChI is InChI=1S/C28H27N5O/c1-18-15-19(2)17-21(16-18)33-26(29)24(25-27(33)32-23-13-7-6-12-22(23)31-25)28(34)30-14-8-11-20-9-4-3-5-10-20/h3-7,9-10,12-13,15-17H,8,11,14,29H2,1-2H3,(H,30,34). The van der Waals surface area contributed by atoms with Crippen molar-refractivity contribution in [3.8, 4) is 5.69 Å². The molecule has 170 valence electrons. The number of carbonyl (C=O) groups excluding carboxylic acids is 1. The van der Waals surface area contributed by atoms with Gasteiger partial charge in [-0.2, -0.15) is 0 Å². The number of aromatic nitrogens is 3. The zero-order chi connectivity index (χ0) is 23.7. The number of rotatable bonds is 6. The molecule has 5 rings (SSSR count). The van der Waals surface area contributed by atoms with Gasteiger partial charge in [-0.25, -0.2) is 9.97 Å². The van der Waals surface area contributed by atoms with Crippen molar-refractivity contribution < 1.29 is 4.79 Å². The molecule has 2 heterocycles. The highest BCUT2D eigenvalue weighted by atomic mass is 16.1. The molecule has 0 fully saturated rings. The average Bonchev–Trinajstić information content (AvgIpc) is 3.11. The number of hydrogen-bond acceptors (Lipinski definition) is 4. The molecule has 0 saturated heterocycles. The average molecular weight is 450 g/mol. The van der Waals surface area contributed by atoms with Crippen LogP contribution in [0.4, 0.5) is 5.82 Å². The number of nitrogens with two attached hydrogens (primary N) is 1. The fourth-order valence-corrected chi connectivity index (χ4v) is 4.45. The number of benzene rings is 3. The molecule has 5 aromatic rings. The monoisotopic (exact) mass is 449 g/mol. The van der Waals surface area contributed by atoms with Gasteiger partial charge in [0.25, 0.3) is 5.91 Å². The molecule has 0 aliphatic rings. The smallest absolute Gasteiger partial charge is 0.257 e. The highest BCUT2D eigenvalue weighted by Crippen LogP contribution is 2.31. The maximum atomic E-state index is 13.3. The summed E-state index contributed by atoms with van der Waals surface area (Å²) in [6, 6.07) is 24.1. The van der Waals surface area contributed by atoms with Crippen LogP contribution in [0.1, 0.15) is 33.5 Å². The second-order valence-electron chi connectivity index (χ2n) is 8.67. The first-order chi connectivity index (χ1) is 16.5. The predicted octanol–water partition coefficient (Wildman–Crippen LogP) is 5.14. The maximum Gasteiger partial charge on any atom is 0.257 e. The van der Waals surface area contributed by atoms with Crippen molar-refractivity contribution in [3.05, 3.63) is 95.1 Å².